The second-order valence-corrected chi connectivity index (χ2v) is 2.36. The zero-order valence-electron chi connectivity index (χ0n) is 6.57. The van der Waals surface area contributed by atoms with Crippen LogP contribution in [0.1, 0.15) is 19.8 Å². The Bertz CT molecular complexity index is 226. The van der Waals surface area contributed by atoms with Gasteiger partial charge in [-0.05, 0) is 18.6 Å². The molecule has 0 aliphatic heterocycles. The molecule has 0 radical (unpaired) electrons. The van der Waals surface area contributed by atoms with E-state index in [1.165, 1.54) is 0 Å². The van der Waals surface area contributed by atoms with Gasteiger partial charge in [0.2, 0.25) is 0 Å². The maximum Gasteiger partial charge on any atom is 0.152 e. The van der Waals surface area contributed by atoms with E-state index in [1.807, 2.05) is 29.1 Å². The Morgan fingerprint density at radius 3 is 2.55 bits per heavy atom. The maximum atomic E-state index is 8.60. The quantitative estimate of drug-likeness (QED) is 0.299. The number of rotatable bonds is 2. The molecule has 0 aromatic carbocycles. The fourth-order valence-electron chi connectivity index (χ4n) is 0.961. The van der Waals surface area contributed by atoms with Crippen LogP contribution in [0.4, 0.5) is 0 Å². The van der Waals surface area contributed by atoms with Gasteiger partial charge in [-0.2, -0.15) is 0 Å². The first-order chi connectivity index (χ1) is 5.38. The number of nitrogens with zero attached hydrogens (tertiary/aromatic N) is 2. The van der Waals surface area contributed by atoms with Gasteiger partial charge >= 0.3 is 0 Å². The highest BCUT2D eigenvalue weighted by atomic mass is 16.4. The van der Waals surface area contributed by atoms with E-state index in [2.05, 4.69) is 12.1 Å². The summed E-state index contributed by atoms with van der Waals surface area (Å²) in [5.74, 6) is 0.692. The van der Waals surface area contributed by atoms with Crippen LogP contribution in [-0.4, -0.2) is 15.6 Å². The number of aromatic nitrogens is 1. The van der Waals surface area contributed by atoms with Crippen LogP contribution in [0.5, 0.6) is 0 Å². The zero-order chi connectivity index (χ0) is 8.10. The van der Waals surface area contributed by atoms with Gasteiger partial charge in [0.15, 0.2) is 5.84 Å². The van der Waals surface area contributed by atoms with Crippen LogP contribution in [0.25, 0.3) is 0 Å². The van der Waals surface area contributed by atoms with Crippen molar-refractivity contribution < 1.29 is 5.21 Å². The summed E-state index contributed by atoms with van der Waals surface area (Å²) in [5.41, 5.74) is 0. The average molecular weight is 152 g/mol. The molecule has 0 amide bonds. The lowest BCUT2D eigenvalue weighted by molar-refractivity contribution is 0.315. The molecule has 0 fully saturated rings. The minimum Gasteiger partial charge on any atom is -0.409 e. The molecule has 11 heavy (non-hydrogen) atoms. The van der Waals surface area contributed by atoms with Crippen molar-refractivity contribution in [1.82, 2.24) is 4.57 Å². The fraction of sp³-hybridized carbons (Fsp3) is 0.375. The Morgan fingerprint density at radius 1 is 1.45 bits per heavy atom. The molecule has 0 saturated carbocycles. The Kier molecular flexibility index (Phi) is 2.72. The van der Waals surface area contributed by atoms with Crippen LogP contribution in [-0.2, 0) is 0 Å². The molecule has 3 nitrogen and oxygen atoms in total. The van der Waals surface area contributed by atoms with E-state index in [0.29, 0.717) is 5.84 Å². The molecule has 0 spiro atoms. The second-order valence-electron chi connectivity index (χ2n) is 2.36. The Balaban J connectivity index is 2.72. The number of oxime groups is 1. The molecule has 0 atom stereocenters. The van der Waals surface area contributed by atoms with Crippen LogP contribution < -0.4 is 0 Å². The Morgan fingerprint density at radius 2 is 2.09 bits per heavy atom. The first-order valence-corrected chi connectivity index (χ1v) is 3.72. The number of hydrogen-bond acceptors (Lipinski definition) is 2. The van der Waals surface area contributed by atoms with Crippen molar-refractivity contribution in [1.29, 1.82) is 0 Å². The molecule has 0 saturated heterocycles. The summed E-state index contributed by atoms with van der Waals surface area (Å²) in [7, 11) is 0. The second kappa shape index (κ2) is 3.81. The summed E-state index contributed by atoms with van der Waals surface area (Å²) >= 11 is 0. The van der Waals surface area contributed by atoms with Crippen molar-refractivity contribution in [3.8, 4) is 0 Å². The van der Waals surface area contributed by atoms with Gasteiger partial charge < -0.3 is 9.77 Å². The Labute approximate surface area is 66.0 Å². The molecule has 1 rings (SSSR count). The minimum atomic E-state index is 0.692. The molecule has 1 aromatic heterocycles. The largest absolute Gasteiger partial charge is 0.409 e. The van der Waals surface area contributed by atoms with Gasteiger partial charge in [0.05, 0.1) is 0 Å². The first kappa shape index (κ1) is 7.85. The standard InChI is InChI=1S/C8H12N2O/c1-2-5-8(9-11)10-6-3-4-7-10/h3-4,6-7,11H,2,5H2,1H3. The summed E-state index contributed by atoms with van der Waals surface area (Å²) < 4.78 is 1.81. The Hall–Kier alpha value is -1.25. The van der Waals surface area contributed by atoms with Crippen LogP contribution >= 0.6 is 0 Å². The predicted molar refractivity (Wildman–Crippen MR) is 44.0 cm³/mol. The summed E-state index contributed by atoms with van der Waals surface area (Å²) in [6.45, 7) is 2.05. The third kappa shape index (κ3) is 1.83. The molecule has 1 heterocycles. The van der Waals surface area contributed by atoms with E-state index >= 15 is 0 Å². The van der Waals surface area contributed by atoms with Crippen LogP contribution in [0.2, 0.25) is 0 Å². The SMILES string of the molecule is CCCC(=NO)n1cccc1. The highest BCUT2D eigenvalue weighted by Crippen LogP contribution is 1.97. The van der Waals surface area contributed by atoms with E-state index in [-0.39, 0.29) is 0 Å². The molecule has 0 aliphatic rings. The summed E-state index contributed by atoms with van der Waals surface area (Å²) in [4.78, 5) is 0. The molecule has 60 valence electrons. The van der Waals surface area contributed by atoms with E-state index in [0.717, 1.165) is 12.8 Å². The van der Waals surface area contributed by atoms with Gasteiger partial charge in [0.1, 0.15) is 0 Å². The van der Waals surface area contributed by atoms with Crippen molar-refractivity contribution in [3.63, 3.8) is 0 Å². The molecular formula is C8H12N2O. The van der Waals surface area contributed by atoms with E-state index in [9.17, 15) is 0 Å². The van der Waals surface area contributed by atoms with Gasteiger partial charge in [-0.3, -0.25) is 0 Å². The van der Waals surface area contributed by atoms with Crippen LogP contribution in [0.15, 0.2) is 29.7 Å². The minimum absolute atomic E-state index is 0.692. The highest BCUT2D eigenvalue weighted by molar-refractivity contribution is 5.83. The van der Waals surface area contributed by atoms with Gasteiger partial charge in [-0.1, -0.05) is 12.1 Å². The molecule has 1 N–H and O–H groups in total. The lowest BCUT2D eigenvalue weighted by atomic mass is 10.3. The summed E-state index contributed by atoms with van der Waals surface area (Å²) in [6, 6.07) is 3.81. The third-order valence-corrected chi connectivity index (χ3v) is 1.49. The van der Waals surface area contributed by atoms with E-state index < -0.39 is 0 Å². The first-order valence-electron chi connectivity index (χ1n) is 3.72. The van der Waals surface area contributed by atoms with Crippen molar-refractivity contribution in [3.05, 3.63) is 24.5 Å². The highest BCUT2D eigenvalue weighted by Gasteiger charge is 1.98. The summed E-state index contributed by atoms with van der Waals surface area (Å²) in [6.07, 6.45) is 5.51. The topological polar surface area (TPSA) is 37.5 Å². The van der Waals surface area contributed by atoms with Crippen molar-refractivity contribution in [2.24, 2.45) is 5.16 Å². The van der Waals surface area contributed by atoms with Crippen LogP contribution in [0.3, 0.4) is 0 Å². The normalized spacial score (nSPS) is 11.9. The van der Waals surface area contributed by atoms with Gasteiger partial charge in [-0.15, -0.1) is 0 Å². The third-order valence-electron chi connectivity index (χ3n) is 1.49. The van der Waals surface area contributed by atoms with Crippen LogP contribution in [0, 0.1) is 0 Å². The maximum absolute atomic E-state index is 8.60. The smallest absolute Gasteiger partial charge is 0.152 e. The lowest BCUT2D eigenvalue weighted by Gasteiger charge is -2.01. The van der Waals surface area contributed by atoms with Crippen molar-refractivity contribution >= 4 is 5.84 Å². The zero-order valence-corrected chi connectivity index (χ0v) is 6.57. The fourth-order valence-corrected chi connectivity index (χ4v) is 0.961. The molecule has 0 aliphatic carbocycles. The predicted octanol–water partition coefficient (Wildman–Crippen LogP) is 1.92. The summed E-state index contributed by atoms with van der Waals surface area (Å²) in [5, 5.41) is 11.8. The molecule has 1 aromatic rings. The monoisotopic (exact) mass is 152 g/mol. The van der Waals surface area contributed by atoms with Gasteiger partial charge in [0, 0.05) is 18.8 Å². The molecule has 0 unspecified atom stereocenters. The van der Waals surface area contributed by atoms with Gasteiger partial charge in [0.25, 0.3) is 0 Å². The lowest BCUT2D eigenvalue weighted by Crippen LogP contribution is -2.08. The molecular weight excluding hydrogens is 140 g/mol. The van der Waals surface area contributed by atoms with Crippen molar-refractivity contribution in [2.75, 3.05) is 0 Å². The molecule has 3 heteroatoms. The number of hydrogen-bond donors (Lipinski definition) is 1. The van der Waals surface area contributed by atoms with E-state index in [4.69, 9.17) is 5.21 Å². The van der Waals surface area contributed by atoms with E-state index in [1.54, 1.807) is 0 Å². The van der Waals surface area contributed by atoms with Gasteiger partial charge in [-0.25, -0.2) is 0 Å². The molecule has 0 bridgehead atoms. The average Bonchev–Trinajstić information content (AvgIpc) is 2.52. The van der Waals surface area contributed by atoms with Crippen molar-refractivity contribution in [2.45, 2.75) is 19.8 Å².